The van der Waals surface area contributed by atoms with Crippen LogP contribution in [-0.4, -0.2) is 15.8 Å². The zero-order chi connectivity index (χ0) is 18.2. The third-order valence-corrected chi connectivity index (χ3v) is 4.37. The molecule has 2 aromatic heterocycles. The summed E-state index contributed by atoms with van der Waals surface area (Å²) in [6, 6.07) is 14.3. The predicted octanol–water partition coefficient (Wildman–Crippen LogP) is 5.42. The van der Waals surface area contributed by atoms with Gasteiger partial charge < -0.3 is 4.42 Å². The molecule has 3 rings (SSSR count). The number of oxazole rings is 1. The maximum atomic E-state index is 12.2. The van der Waals surface area contributed by atoms with E-state index in [4.69, 9.17) is 4.42 Å². The SMILES string of the molecule is Cc1ccnc(-c2cnc(C(=O)CCCCCCc3ccccc3)o2)c1. The Hall–Kier alpha value is -2.75. The van der Waals surface area contributed by atoms with Gasteiger partial charge in [0.05, 0.1) is 6.20 Å². The Balaban J connectivity index is 1.40. The van der Waals surface area contributed by atoms with Gasteiger partial charge in [0.1, 0.15) is 5.69 Å². The highest BCUT2D eigenvalue weighted by Crippen LogP contribution is 2.20. The van der Waals surface area contributed by atoms with Crippen LogP contribution in [0.4, 0.5) is 0 Å². The van der Waals surface area contributed by atoms with Crippen LogP contribution in [0.2, 0.25) is 0 Å². The van der Waals surface area contributed by atoms with Gasteiger partial charge in [-0.05, 0) is 49.4 Å². The van der Waals surface area contributed by atoms with E-state index in [0.717, 1.165) is 37.7 Å². The summed E-state index contributed by atoms with van der Waals surface area (Å²) >= 11 is 0. The van der Waals surface area contributed by atoms with E-state index in [2.05, 4.69) is 34.2 Å². The molecule has 0 fully saturated rings. The third kappa shape index (κ3) is 5.12. The summed E-state index contributed by atoms with van der Waals surface area (Å²) in [7, 11) is 0. The summed E-state index contributed by atoms with van der Waals surface area (Å²) in [5, 5.41) is 0. The van der Waals surface area contributed by atoms with Gasteiger partial charge in [-0.15, -0.1) is 0 Å². The highest BCUT2D eigenvalue weighted by molar-refractivity contribution is 5.91. The highest BCUT2D eigenvalue weighted by Gasteiger charge is 2.14. The van der Waals surface area contributed by atoms with E-state index < -0.39 is 0 Å². The molecule has 26 heavy (non-hydrogen) atoms. The predicted molar refractivity (Wildman–Crippen MR) is 102 cm³/mol. The van der Waals surface area contributed by atoms with Gasteiger partial charge in [0.15, 0.2) is 5.76 Å². The van der Waals surface area contributed by atoms with E-state index in [-0.39, 0.29) is 11.7 Å². The van der Waals surface area contributed by atoms with Gasteiger partial charge >= 0.3 is 0 Å². The van der Waals surface area contributed by atoms with Gasteiger partial charge in [0.25, 0.3) is 5.89 Å². The number of hydrogen-bond acceptors (Lipinski definition) is 4. The lowest BCUT2D eigenvalue weighted by Crippen LogP contribution is -1.99. The minimum absolute atomic E-state index is 0.0352. The number of aryl methyl sites for hydroxylation is 2. The largest absolute Gasteiger partial charge is 0.432 e. The molecule has 0 unspecified atom stereocenters. The van der Waals surface area contributed by atoms with E-state index in [1.54, 1.807) is 12.4 Å². The first-order valence-electron chi connectivity index (χ1n) is 9.18. The number of Topliss-reactive ketones (excluding diaryl/α,β-unsaturated/α-hetero) is 1. The molecule has 2 heterocycles. The topological polar surface area (TPSA) is 56.0 Å². The van der Waals surface area contributed by atoms with Crippen molar-refractivity contribution in [2.45, 2.75) is 45.4 Å². The van der Waals surface area contributed by atoms with Crippen molar-refractivity contribution in [3.63, 3.8) is 0 Å². The Morgan fingerprint density at radius 1 is 1.00 bits per heavy atom. The van der Waals surface area contributed by atoms with Crippen molar-refractivity contribution in [3.8, 4) is 11.5 Å². The van der Waals surface area contributed by atoms with Crippen LogP contribution in [0, 0.1) is 6.92 Å². The fourth-order valence-corrected chi connectivity index (χ4v) is 2.91. The highest BCUT2D eigenvalue weighted by atomic mass is 16.4. The molecule has 0 N–H and O–H groups in total. The fourth-order valence-electron chi connectivity index (χ4n) is 2.91. The molecule has 4 nitrogen and oxygen atoms in total. The van der Waals surface area contributed by atoms with E-state index in [1.165, 1.54) is 5.56 Å². The smallest absolute Gasteiger partial charge is 0.263 e. The van der Waals surface area contributed by atoms with Crippen LogP contribution in [0.25, 0.3) is 11.5 Å². The summed E-state index contributed by atoms with van der Waals surface area (Å²) in [5.41, 5.74) is 3.17. The lowest BCUT2D eigenvalue weighted by molar-refractivity contribution is 0.0946. The molecule has 0 aliphatic carbocycles. The lowest BCUT2D eigenvalue weighted by Gasteiger charge is -2.01. The van der Waals surface area contributed by atoms with E-state index in [1.807, 2.05) is 25.1 Å². The second-order valence-electron chi connectivity index (χ2n) is 6.57. The Labute approximate surface area is 154 Å². The zero-order valence-electron chi connectivity index (χ0n) is 15.1. The average molecular weight is 348 g/mol. The van der Waals surface area contributed by atoms with Gasteiger partial charge in [-0.25, -0.2) is 4.98 Å². The lowest BCUT2D eigenvalue weighted by atomic mass is 10.0. The molecule has 0 saturated heterocycles. The number of nitrogens with zero attached hydrogens (tertiary/aromatic N) is 2. The molecule has 1 aromatic carbocycles. The molecule has 0 bridgehead atoms. The number of aromatic nitrogens is 2. The summed E-state index contributed by atoms with van der Waals surface area (Å²) in [6.07, 6.45) is 9.08. The number of unbranched alkanes of at least 4 members (excludes halogenated alkanes) is 3. The fraction of sp³-hybridized carbons (Fsp3) is 0.318. The Morgan fingerprint density at radius 3 is 2.62 bits per heavy atom. The number of hydrogen-bond donors (Lipinski definition) is 0. The number of rotatable bonds is 9. The van der Waals surface area contributed by atoms with Crippen molar-refractivity contribution in [1.82, 2.24) is 9.97 Å². The number of ketones is 1. The Bertz CT molecular complexity index is 840. The summed E-state index contributed by atoms with van der Waals surface area (Å²) in [4.78, 5) is 20.6. The molecular formula is C22H24N2O2. The molecular weight excluding hydrogens is 324 g/mol. The van der Waals surface area contributed by atoms with Crippen LogP contribution in [0.15, 0.2) is 59.3 Å². The molecule has 134 valence electrons. The van der Waals surface area contributed by atoms with Crippen molar-refractivity contribution in [2.24, 2.45) is 0 Å². The Kier molecular flexibility index (Phi) is 6.31. The summed E-state index contributed by atoms with van der Waals surface area (Å²) < 4.78 is 5.60. The van der Waals surface area contributed by atoms with E-state index in [9.17, 15) is 4.79 Å². The normalized spacial score (nSPS) is 10.8. The number of carbonyl (C=O) groups excluding carboxylic acids is 1. The first kappa shape index (κ1) is 18.1. The Morgan fingerprint density at radius 2 is 1.81 bits per heavy atom. The molecule has 0 saturated carbocycles. The van der Waals surface area contributed by atoms with Gasteiger partial charge in [-0.3, -0.25) is 9.78 Å². The average Bonchev–Trinajstić information content (AvgIpc) is 3.15. The van der Waals surface area contributed by atoms with Crippen LogP contribution in [0.5, 0.6) is 0 Å². The van der Waals surface area contributed by atoms with Crippen LogP contribution in [-0.2, 0) is 6.42 Å². The maximum absolute atomic E-state index is 12.2. The minimum atomic E-state index is -0.0352. The molecule has 3 aromatic rings. The van der Waals surface area contributed by atoms with Crippen LogP contribution >= 0.6 is 0 Å². The molecule has 0 amide bonds. The minimum Gasteiger partial charge on any atom is -0.432 e. The number of benzene rings is 1. The van der Waals surface area contributed by atoms with Crippen molar-refractivity contribution in [3.05, 3.63) is 71.9 Å². The third-order valence-electron chi connectivity index (χ3n) is 4.37. The first-order chi connectivity index (χ1) is 12.7. The quantitative estimate of drug-likeness (QED) is 0.383. The second-order valence-corrected chi connectivity index (χ2v) is 6.57. The number of carbonyl (C=O) groups is 1. The van der Waals surface area contributed by atoms with Gasteiger partial charge in [0, 0.05) is 12.6 Å². The van der Waals surface area contributed by atoms with Gasteiger partial charge in [0.2, 0.25) is 5.78 Å². The van der Waals surface area contributed by atoms with Gasteiger partial charge in [-0.1, -0.05) is 43.2 Å². The number of pyridine rings is 1. The molecule has 0 atom stereocenters. The van der Waals surface area contributed by atoms with E-state index >= 15 is 0 Å². The van der Waals surface area contributed by atoms with Crippen molar-refractivity contribution in [1.29, 1.82) is 0 Å². The van der Waals surface area contributed by atoms with Crippen LogP contribution < -0.4 is 0 Å². The monoisotopic (exact) mass is 348 g/mol. The molecule has 0 aliphatic rings. The summed E-state index contributed by atoms with van der Waals surface area (Å²) in [6.45, 7) is 1.99. The maximum Gasteiger partial charge on any atom is 0.263 e. The van der Waals surface area contributed by atoms with Crippen LogP contribution in [0.1, 0.15) is 53.9 Å². The molecule has 0 aliphatic heterocycles. The molecule has 0 radical (unpaired) electrons. The standard InChI is InChI=1S/C22H24N2O2/c1-17-13-14-23-19(15-17)21-16-24-22(26-21)20(25)12-8-3-2-5-9-18-10-6-4-7-11-18/h4,6-7,10-11,13-16H,2-3,5,8-9,12H2,1H3. The molecule has 0 spiro atoms. The van der Waals surface area contributed by atoms with Gasteiger partial charge in [-0.2, -0.15) is 0 Å². The zero-order valence-corrected chi connectivity index (χ0v) is 15.1. The summed E-state index contributed by atoms with van der Waals surface area (Å²) in [5.74, 6) is 0.694. The van der Waals surface area contributed by atoms with Crippen molar-refractivity contribution < 1.29 is 9.21 Å². The van der Waals surface area contributed by atoms with Crippen molar-refractivity contribution >= 4 is 5.78 Å². The second kappa shape index (κ2) is 9.09. The molecule has 4 heteroatoms. The van der Waals surface area contributed by atoms with Crippen molar-refractivity contribution in [2.75, 3.05) is 0 Å². The van der Waals surface area contributed by atoms with Crippen LogP contribution in [0.3, 0.4) is 0 Å². The van der Waals surface area contributed by atoms with E-state index in [0.29, 0.717) is 17.9 Å². The first-order valence-corrected chi connectivity index (χ1v) is 9.18.